The summed E-state index contributed by atoms with van der Waals surface area (Å²) < 4.78 is 0. The fraction of sp³-hybridized carbons (Fsp3) is 0.133. The van der Waals surface area contributed by atoms with E-state index in [1.807, 2.05) is 54.6 Å². The number of hydrogen-bond acceptors (Lipinski definition) is 1. The van der Waals surface area contributed by atoms with E-state index in [9.17, 15) is 4.79 Å². The molecule has 0 aromatic heterocycles. The van der Waals surface area contributed by atoms with Crippen LogP contribution in [0.4, 0.5) is 0 Å². The van der Waals surface area contributed by atoms with Crippen LogP contribution < -0.4 is 0 Å². The monoisotopic (exact) mass is 210 g/mol. The van der Waals surface area contributed by atoms with Crippen LogP contribution in [0.2, 0.25) is 0 Å². The fourth-order valence-electron chi connectivity index (χ4n) is 1.66. The summed E-state index contributed by atoms with van der Waals surface area (Å²) in [5, 5.41) is 0. The van der Waals surface area contributed by atoms with E-state index in [2.05, 4.69) is 0 Å². The van der Waals surface area contributed by atoms with Gasteiger partial charge >= 0.3 is 0 Å². The van der Waals surface area contributed by atoms with E-state index in [0.717, 1.165) is 24.0 Å². The minimum absolute atomic E-state index is 0.143. The molecule has 16 heavy (non-hydrogen) atoms. The lowest BCUT2D eigenvalue weighted by atomic mass is 9.99. The molecule has 0 fully saturated rings. The number of carbonyl (C=O) groups is 1. The van der Waals surface area contributed by atoms with Crippen molar-refractivity contribution in [3.8, 4) is 0 Å². The molecule has 1 aliphatic rings. The Morgan fingerprint density at radius 1 is 1.12 bits per heavy atom. The second kappa shape index (κ2) is 5.26. The molecular weight excluding hydrogens is 196 g/mol. The van der Waals surface area contributed by atoms with Crippen molar-refractivity contribution in [2.45, 2.75) is 12.8 Å². The summed E-state index contributed by atoms with van der Waals surface area (Å²) in [6, 6.07) is 10.1. The Labute approximate surface area is 95.8 Å². The lowest BCUT2D eigenvalue weighted by Crippen LogP contribution is -2.01. The largest absolute Gasteiger partial charge is 0.290 e. The molecule has 0 aliphatic heterocycles. The van der Waals surface area contributed by atoms with Crippen LogP contribution in [0.5, 0.6) is 0 Å². The van der Waals surface area contributed by atoms with Gasteiger partial charge in [-0.1, -0.05) is 54.6 Å². The smallest absolute Gasteiger partial charge is 0.181 e. The summed E-state index contributed by atoms with van der Waals surface area (Å²) >= 11 is 0. The molecule has 1 aromatic carbocycles. The first-order chi connectivity index (χ1) is 7.86. The van der Waals surface area contributed by atoms with Crippen LogP contribution in [0, 0.1) is 0 Å². The summed E-state index contributed by atoms with van der Waals surface area (Å²) in [4.78, 5) is 11.4. The van der Waals surface area contributed by atoms with E-state index in [4.69, 9.17) is 0 Å². The van der Waals surface area contributed by atoms with Crippen LogP contribution in [0.15, 0.2) is 60.2 Å². The van der Waals surface area contributed by atoms with Gasteiger partial charge in [0.15, 0.2) is 5.78 Å². The molecule has 0 unspecified atom stereocenters. The van der Waals surface area contributed by atoms with Gasteiger partial charge in [-0.3, -0.25) is 4.79 Å². The summed E-state index contributed by atoms with van der Waals surface area (Å²) in [5.41, 5.74) is 2.05. The second-order valence-electron chi connectivity index (χ2n) is 3.77. The van der Waals surface area contributed by atoms with Crippen LogP contribution in [0.25, 0.3) is 6.08 Å². The van der Waals surface area contributed by atoms with Crippen molar-refractivity contribution in [3.05, 3.63) is 65.8 Å². The number of rotatable bonds is 2. The molecule has 0 radical (unpaired) electrons. The molecule has 1 aromatic rings. The van der Waals surface area contributed by atoms with Crippen LogP contribution in [-0.2, 0) is 4.79 Å². The first-order valence-corrected chi connectivity index (χ1v) is 5.49. The zero-order valence-corrected chi connectivity index (χ0v) is 9.10. The lowest BCUT2D eigenvalue weighted by molar-refractivity contribution is -0.111. The van der Waals surface area contributed by atoms with Crippen molar-refractivity contribution < 1.29 is 4.79 Å². The molecule has 0 spiro atoms. The number of allylic oxidation sites excluding steroid dienone is 5. The maximum absolute atomic E-state index is 11.4. The zero-order valence-electron chi connectivity index (χ0n) is 9.10. The maximum Gasteiger partial charge on any atom is 0.181 e. The van der Waals surface area contributed by atoms with Gasteiger partial charge in [0, 0.05) is 0 Å². The molecule has 0 bridgehead atoms. The highest BCUT2D eigenvalue weighted by molar-refractivity contribution is 6.04. The standard InChI is InChI=1S/C15H14O/c16-15-12-5-4-10-14(15)11-6-9-13-7-2-1-3-8-13/h1-3,5-9,11-12H,4,10H2/b9-6+,14-11+. The first-order valence-electron chi connectivity index (χ1n) is 5.49. The summed E-state index contributed by atoms with van der Waals surface area (Å²) in [5.74, 6) is 0.143. The number of carbonyl (C=O) groups excluding carboxylic acids is 1. The topological polar surface area (TPSA) is 17.1 Å². The van der Waals surface area contributed by atoms with E-state index >= 15 is 0 Å². The van der Waals surface area contributed by atoms with Gasteiger partial charge in [0.05, 0.1) is 0 Å². The van der Waals surface area contributed by atoms with Gasteiger partial charge in [0.1, 0.15) is 0 Å². The highest BCUT2D eigenvalue weighted by Crippen LogP contribution is 2.14. The minimum Gasteiger partial charge on any atom is -0.290 e. The number of hydrogen-bond donors (Lipinski definition) is 0. The van der Waals surface area contributed by atoms with Crippen molar-refractivity contribution in [1.29, 1.82) is 0 Å². The van der Waals surface area contributed by atoms with Gasteiger partial charge in [0.2, 0.25) is 0 Å². The normalized spacial score (nSPS) is 18.5. The number of benzene rings is 1. The SMILES string of the molecule is O=C1C=CCC/C1=C\C=C\c1ccccc1. The zero-order chi connectivity index (χ0) is 11.2. The lowest BCUT2D eigenvalue weighted by Gasteiger charge is -2.04. The Balaban J connectivity index is 2.06. The summed E-state index contributed by atoms with van der Waals surface area (Å²) in [7, 11) is 0. The second-order valence-corrected chi connectivity index (χ2v) is 3.77. The predicted octanol–water partition coefficient (Wildman–Crippen LogP) is 3.55. The highest BCUT2D eigenvalue weighted by Gasteiger charge is 2.07. The molecule has 1 nitrogen and oxygen atoms in total. The van der Waals surface area contributed by atoms with E-state index < -0.39 is 0 Å². The Morgan fingerprint density at radius 3 is 2.69 bits per heavy atom. The quantitative estimate of drug-likeness (QED) is 0.682. The third-order valence-electron chi connectivity index (χ3n) is 2.55. The van der Waals surface area contributed by atoms with E-state index in [1.54, 1.807) is 6.08 Å². The van der Waals surface area contributed by atoms with E-state index in [1.165, 1.54) is 0 Å². The van der Waals surface area contributed by atoms with Crippen molar-refractivity contribution >= 4 is 11.9 Å². The van der Waals surface area contributed by atoms with Gasteiger partial charge in [-0.05, 0) is 30.1 Å². The van der Waals surface area contributed by atoms with Crippen molar-refractivity contribution in [2.75, 3.05) is 0 Å². The van der Waals surface area contributed by atoms with Crippen LogP contribution >= 0.6 is 0 Å². The average Bonchev–Trinajstić information content (AvgIpc) is 2.33. The molecule has 0 atom stereocenters. The first kappa shape index (κ1) is 10.6. The van der Waals surface area contributed by atoms with Crippen LogP contribution in [0.1, 0.15) is 18.4 Å². The van der Waals surface area contributed by atoms with Crippen molar-refractivity contribution in [3.63, 3.8) is 0 Å². The molecule has 0 N–H and O–H groups in total. The molecule has 0 heterocycles. The molecule has 0 amide bonds. The average molecular weight is 210 g/mol. The Kier molecular flexibility index (Phi) is 3.50. The van der Waals surface area contributed by atoms with E-state index in [0.29, 0.717) is 0 Å². The summed E-state index contributed by atoms with van der Waals surface area (Å²) in [6.45, 7) is 0. The minimum atomic E-state index is 0.143. The molecule has 1 heteroatoms. The Bertz CT molecular complexity index is 450. The van der Waals surface area contributed by atoms with Gasteiger partial charge in [-0.25, -0.2) is 0 Å². The van der Waals surface area contributed by atoms with Gasteiger partial charge in [-0.2, -0.15) is 0 Å². The maximum atomic E-state index is 11.4. The van der Waals surface area contributed by atoms with Crippen LogP contribution in [-0.4, -0.2) is 5.78 Å². The van der Waals surface area contributed by atoms with Crippen LogP contribution in [0.3, 0.4) is 0 Å². The predicted molar refractivity (Wildman–Crippen MR) is 66.9 cm³/mol. The van der Waals surface area contributed by atoms with E-state index in [-0.39, 0.29) is 5.78 Å². The molecule has 1 aliphatic carbocycles. The number of ketones is 1. The fourth-order valence-corrected chi connectivity index (χ4v) is 1.66. The summed E-state index contributed by atoms with van der Waals surface area (Å²) in [6.07, 6.45) is 11.3. The highest BCUT2D eigenvalue weighted by atomic mass is 16.1. The van der Waals surface area contributed by atoms with Gasteiger partial charge < -0.3 is 0 Å². The van der Waals surface area contributed by atoms with Gasteiger partial charge in [-0.15, -0.1) is 0 Å². The Morgan fingerprint density at radius 2 is 1.94 bits per heavy atom. The van der Waals surface area contributed by atoms with Crippen molar-refractivity contribution in [2.24, 2.45) is 0 Å². The molecule has 2 rings (SSSR count). The third-order valence-corrected chi connectivity index (χ3v) is 2.55. The van der Waals surface area contributed by atoms with Gasteiger partial charge in [0.25, 0.3) is 0 Å². The third kappa shape index (κ3) is 2.80. The van der Waals surface area contributed by atoms with Crippen molar-refractivity contribution in [1.82, 2.24) is 0 Å². The Hall–Kier alpha value is -1.89. The molecular formula is C15H14O. The molecule has 80 valence electrons. The molecule has 0 saturated heterocycles. The molecule has 0 saturated carbocycles.